The lowest BCUT2D eigenvalue weighted by Gasteiger charge is -2.29. The third-order valence-electron chi connectivity index (χ3n) is 3.98. The second kappa shape index (κ2) is 8.05. The first kappa shape index (κ1) is 18.0. The van der Waals surface area contributed by atoms with Crippen molar-refractivity contribution in [2.24, 2.45) is 0 Å². The van der Waals surface area contributed by atoms with Crippen LogP contribution in [-0.4, -0.2) is 31.6 Å². The largest absolute Gasteiger partial charge is 0.359 e. The number of amides is 3. The Balaban J connectivity index is 1.59. The molecule has 8 heteroatoms. The minimum atomic E-state index is -0.463. The fraction of sp³-hybridized carbons (Fsp3) is 0.222. The molecule has 0 atom stereocenters. The van der Waals surface area contributed by atoms with Crippen LogP contribution in [0.3, 0.4) is 0 Å². The lowest BCUT2D eigenvalue weighted by molar-refractivity contribution is -0.120. The van der Waals surface area contributed by atoms with E-state index in [4.69, 9.17) is 11.6 Å². The maximum atomic E-state index is 13.5. The van der Waals surface area contributed by atoms with Crippen LogP contribution in [0.5, 0.6) is 0 Å². The molecular formula is C18H18ClFN4O2. The summed E-state index contributed by atoms with van der Waals surface area (Å²) in [5, 5.41) is 8.44. The predicted molar refractivity (Wildman–Crippen MR) is 98.9 cm³/mol. The van der Waals surface area contributed by atoms with Gasteiger partial charge in [-0.3, -0.25) is 4.79 Å². The number of nitrogens with one attached hydrogen (secondary N) is 3. The Labute approximate surface area is 155 Å². The van der Waals surface area contributed by atoms with Gasteiger partial charge in [0.2, 0.25) is 5.91 Å². The molecule has 2 aromatic carbocycles. The summed E-state index contributed by atoms with van der Waals surface area (Å²) in [5.41, 5.74) is 1.64. The van der Waals surface area contributed by atoms with Crippen molar-refractivity contribution in [1.82, 2.24) is 10.6 Å². The molecule has 26 heavy (non-hydrogen) atoms. The van der Waals surface area contributed by atoms with Crippen molar-refractivity contribution in [2.75, 3.05) is 29.9 Å². The van der Waals surface area contributed by atoms with Crippen LogP contribution in [0.15, 0.2) is 42.5 Å². The number of nitrogens with zero attached hydrogens (tertiary/aromatic N) is 1. The van der Waals surface area contributed by atoms with E-state index in [0.29, 0.717) is 29.4 Å². The molecule has 1 saturated heterocycles. The second-order valence-electron chi connectivity index (χ2n) is 5.84. The predicted octanol–water partition coefficient (Wildman–Crippen LogP) is 2.74. The Morgan fingerprint density at radius 1 is 1.27 bits per heavy atom. The van der Waals surface area contributed by atoms with Gasteiger partial charge in [0.15, 0.2) is 0 Å². The van der Waals surface area contributed by atoms with Crippen LogP contribution >= 0.6 is 11.6 Å². The first-order chi connectivity index (χ1) is 12.5. The molecule has 2 aromatic rings. The van der Waals surface area contributed by atoms with Crippen LogP contribution in [0.4, 0.5) is 20.6 Å². The van der Waals surface area contributed by atoms with Crippen LogP contribution in [-0.2, 0) is 11.3 Å². The minimum absolute atomic E-state index is 0.0537. The molecule has 1 heterocycles. The van der Waals surface area contributed by atoms with Crippen LogP contribution in [0.2, 0.25) is 5.02 Å². The van der Waals surface area contributed by atoms with Gasteiger partial charge in [0, 0.05) is 30.9 Å². The normalized spacial score (nSPS) is 13.9. The highest BCUT2D eigenvalue weighted by atomic mass is 35.5. The Kier molecular flexibility index (Phi) is 5.58. The van der Waals surface area contributed by atoms with Gasteiger partial charge in [-0.2, -0.15) is 0 Å². The summed E-state index contributed by atoms with van der Waals surface area (Å²) in [5.74, 6) is -0.423. The summed E-state index contributed by atoms with van der Waals surface area (Å²) in [6.45, 7) is 1.55. The van der Waals surface area contributed by atoms with Crippen molar-refractivity contribution in [2.45, 2.75) is 6.54 Å². The maximum absolute atomic E-state index is 13.5. The molecule has 1 fully saturated rings. The number of urea groups is 1. The first-order valence-corrected chi connectivity index (χ1v) is 8.50. The van der Waals surface area contributed by atoms with Gasteiger partial charge in [0.25, 0.3) is 0 Å². The molecular weight excluding hydrogens is 359 g/mol. The topological polar surface area (TPSA) is 73.5 Å². The van der Waals surface area contributed by atoms with Crippen LogP contribution in [0.25, 0.3) is 0 Å². The Hall–Kier alpha value is -2.80. The van der Waals surface area contributed by atoms with Crippen molar-refractivity contribution in [3.05, 3.63) is 58.9 Å². The Morgan fingerprint density at radius 3 is 2.81 bits per heavy atom. The van der Waals surface area contributed by atoms with Crippen LogP contribution in [0, 0.1) is 5.82 Å². The van der Waals surface area contributed by atoms with Crippen molar-refractivity contribution in [1.29, 1.82) is 0 Å². The summed E-state index contributed by atoms with van der Waals surface area (Å²) >= 11 is 6.29. The van der Waals surface area contributed by atoms with E-state index in [1.807, 2.05) is 4.90 Å². The number of hydrogen-bond acceptors (Lipinski definition) is 3. The monoisotopic (exact) mass is 376 g/mol. The molecule has 0 aliphatic carbocycles. The lowest BCUT2D eigenvalue weighted by atomic mass is 10.2. The van der Waals surface area contributed by atoms with E-state index < -0.39 is 6.03 Å². The van der Waals surface area contributed by atoms with Crippen LogP contribution in [0.1, 0.15) is 5.56 Å². The Morgan fingerprint density at radius 2 is 2.08 bits per heavy atom. The fourth-order valence-electron chi connectivity index (χ4n) is 2.68. The molecule has 3 amide bonds. The van der Waals surface area contributed by atoms with Gasteiger partial charge in [-0.15, -0.1) is 0 Å². The zero-order valence-electron chi connectivity index (χ0n) is 13.9. The quantitative estimate of drug-likeness (QED) is 0.768. The van der Waals surface area contributed by atoms with Gasteiger partial charge in [0.1, 0.15) is 5.82 Å². The van der Waals surface area contributed by atoms with E-state index in [0.717, 1.165) is 5.69 Å². The number of halogens is 2. The van der Waals surface area contributed by atoms with E-state index in [2.05, 4.69) is 16.0 Å². The molecule has 6 nitrogen and oxygen atoms in total. The number of hydrogen-bond donors (Lipinski definition) is 3. The zero-order chi connectivity index (χ0) is 18.5. The van der Waals surface area contributed by atoms with Crippen LogP contribution < -0.4 is 20.9 Å². The summed E-state index contributed by atoms with van der Waals surface area (Å²) in [4.78, 5) is 25.4. The molecule has 0 radical (unpaired) electrons. The molecule has 0 saturated carbocycles. The summed E-state index contributed by atoms with van der Waals surface area (Å²) < 4.78 is 13.5. The molecule has 0 bridgehead atoms. The van der Waals surface area contributed by atoms with Crippen molar-refractivity contribution < 1.29 is 14.0 Å². The molecule has 0 aromatic heterocycles. The second-order valence-corrected chi connectivity index (χ2v) is 6.24. The standard InChI is InChI=1S/C18H18ClFN4O2/c19-14-9-13(5-6-16(14)24-8-7-21-17(25)11-24)23-18(26)22-10-12-3-1-2-4-15(12)20/h1-6,9H,7-8,10-11H2,(H,21,25)(H2,22,23,26). The van der Waals surface area contributed by atoms with Crippen molar-refractivity contribution in [3.8, 4) is 0 Å². The van der Waals surface area contributed by atoms with E-state index in [1.54, 1.807) is 36.4 Å². The van der Waals surface area contributed by atoms with Gasteiger partial charge in [0.05, 0.1) is 17.3 Å². The van der Waals surface area contributed by atoms with Gasteiger partial charge in [-0.1, -0.05) is 29.8 Å². The minimum Gasteiger partial charge on any atom is -0.359 e. The van der Waals surface area contributed by atoms with Gasteiger partial charge < -0.3 is 20.9 Å². The third kappa shape index (κ3) is 4.43. The van der Waals surface area contributed by atoms with E-state index in [-0.39, 0.29) is 24.8 Å². The van der Waals surface area contributed by atoms with Gasteiger partial charge in [-0.05, 0) is 24.3 Å². The number of carbonyl (C=O) groups excluding carboxylic acids is 2. The summed E-state index contributed by atoms with van der Waals surface area (Å²) in [6, 6.07) is 10.9. The summed E-state index contributed by atoms with van der Waals surface area (Å²) in [6.07, 6.45) is 0. The molecule has 0 spiro atoms. The number of rotatable bonds is 4. The molecule has 3 rings (SSSR count). The number of piperazine rings is 1. The molecule has 1 aliphatic rings. The van der Waals surface area contributed by atoms with E-state index in [1.165, 1.54) is 6.07 Å². The summed E-state index contributed by atoms with van der Waals surface area (Å²) in [7, 11) is 0. The van der Waals surface area contributed by atoms with Gasteiger partial charge >= 0.3 is 6.03 Å². The van der Waals surface area contributed by atoms with E-state index >= 15 is 0 Å². The maximum Gasteiger partial charge on any atom is 0.319 e. The highest BCUT2D eigenvalue weighted by Gasteiger charge is 2.18. The zero-order valence-corrected chi connectivity index (χ0v) is 14.6. The average Bonchev–Trinajstić information content (AvgIpc) is 2.61. The first-order valence-electron chi connectivity index (χ1n) is 8.12. The molecule has 3 N–H and O–H groups in total. The number of carbonyl (C=O) groups is 2. The number of benzene rings is 2. The van der Waals surface area contributed by atoms with Gasteiger partial charge in [-0.25, -0.2) is 9.18 Å². The highest BCUT2D eigenvalue weighted by molar-refractivity contribution is 6.33. The molecule has 0 unspecified atom stereocenters. The average molecular weight is 377 g/mol. The van der Waals surface area contributed by atoms with E-state index in [9.17, 15) is 14.0 Å². The lowest BCUT2D eigenvalue weighted by Crippen LogP contribution is -2.47. The fourth-order valence-corrected chi connectivity index (χ4v) is 2.98. The molecule has 1 aliphatic heterocycles. The molecule has 136 valence electrons. The number of anilines is 2. The Bertz CT molecular complexity index is 831. The SMILES string of the molecule is O=C1CN(c2ccc(NC(=O)NCc3ccccc3F)cc2Cl)CCN1. The third-order valence-corrected chi connectivity index (χ3v) is 4.28. The van der Waals surface area contributed by atoms with Crippen molar-refractivity contribution in [3.63, 3.8) is 0 Å². The smallest absolute Gasteiger partial charge is 0.319 e. The van der Waals surface area contributed by atoms with Crippen molar-refractivity contribution >= 4 is 34.9 Å². The highest BCUT2D eigenvalue weighted by Crippen LogP contribution is 2.29.